The maximum Gasteiger partial charge on any atom is 0.404 e. The Labute approximate surface area is 197 Å². The number of hydrogen-bond donors (Lipinski definition) is 3. The number of carboxylic acids is 2. The molecule has 2 atom stereocenters. The van der Waals surface area contributed by atoms with Crippen LogP contribution in [0.25, 0.3) is 17.0 Å². The van der Waals surface area contributed by atoms with E-state index in [-0.39, 0.29) is 0 Å². The van der Waals surface area contributed by atoms with Crippen LogP contribution in [0.5, 0.6) is 0 Å². The first-order valence-electron chi connectivity index (χ1n) is 10.9. The fourth-order valence-electron chi connectivity index (χ4n) is 3.34. The molecule has 0 amide bonds. The lowest BCUT2D eigenvalue weighted by Crippen LogP contribution is -2.58. The van der Waals surface area contributed by atoms with Crippen molar-refractivity contribution < 1.29 is 33.0 Å². The smallest absolute Gasteiger partial charge is 0.404 e. The van der Waals surface area contributed by atoms with Crippen molar-refractivity contribution in [3.05, 3.63) is 47.7 Å². The second-order valence-electron chi connectivity index (χ2n) is 8.98. The van der Waals surface area contributed by atoms with Crippen molar-refractivity contribution in [3.8, 4) is 0 Å². The number of nitrogens with zero attached hydrogens (tertiary/aromatic N) is 1. The Bertz CT molecular complexity index is 1010. The molecule has 0 spiro atoms. The average molecular weight is 483 g/mol. The van der Waals surface area contributed by atoms with Crippen molar-refractivity contribution in [3.63, 3.8) is 0 Å². The van der Waals surface area contributed by atoms with E-state index in [4.69, 9.17) is 9.90 Å². The average Bonchev–Trinajstić information content (AvgIpc) is 2.69. The minimum Gasteiger partial charge on any atom is -0.481 e. The fraction of sp³-hybridized carbons (Fsp3) is 0.480. The lowest BCUT2D eigenvalue weighted by Gasteiger charge is -2.36. The molecule has 188 valence electrons. The molecule has 34 heavy (non-hydrogen) atoms. The van der Waals surface area contributed by atoms with E-state index in [1.807, 2.05) is 37.3 Å². The normalized spacial score (nSPS) is 14.1. The van der Waals surface area contributed by atoms with Crippen LogP contribution < -0.4 is 5.32 Å². The van der Waals surface area contributed by atoms with Gasteiger partial charge in [-0.2, -0.15) is 13.2 Å². The molecule has 0 aliphatic heterocycles. The number of carboxylic acid groups (broad SMARTS) is 2. The van der Waals surface area contributed by atoms with Gasteiger partial charge in [0.05, 0.1) is 5.52 Å². The van der Waals surface area contributed by atoms with Crippen LogP contribution in [0.1, 0.15) is 52.8 Å². The first kappa shape index (κ1) is 29.1. The van der Waals surface area contributed by atoms with Crippen molar-refractivity contribution >= 4 is 28.9 Å². The van der Waals surface area contributed by atoms with Gasteiger partial charge in [-0.15, -0.1) is 0 Å². The molecule has 1 heterocycles. The monoisotopic (exact) mass is 482 g/mol. The van der Waals surface area contributed by atoms with E-state index >= 15 is 0 Å². The zero-order valence-electron chi connectivity index (χ0n) is 20.3. The van der Waals surface area contributed by atoms with Gasteiger partial charge in [-0.25, -0.2) is 0 Å². The van der Waals surface area contributed by atoms with Gasteiger partial charge in [0.2, 0.25) is 0 Å². The number of rotatable bonds is 8. The van der Waals surface area contributed by atoms with Gasteiger partial charge in [0.15, 0.2) is 0 Å². The van der Waals surface area contributed by atoms with E-state index in [0.29, 0.717) is 0 Å². The lowest BCUT2D eigenvalue weighted by molar-refractivity contribution is -0.178. The van der Waals surface area contributed by atoms with Crippen LogP contribution in [0.15, 0.2) is 36.4 Å². The highest BCUT2D eigenvalue weighted by Gasteiger charge is 2.49. The Morgan fingerprint density at radius 1 is 1.12 bits per heavy atom. The molecule has 0 bridgehead atoms. The number of carbonyl (C=O) groups is 2. The highest BCUT2D eigenvalue weighted by atomic mass is 19.4. The molecular formula is C25H33F3N2O4. The van der Waals surface area contributed by atoms with Crippen molar-refractivity contribution in [2.45, 2.75) is 66.2 Å². The van der Waals surface area contributed by atoms with E-state index in [9.17, 15) is 23.1 Å². The summed E-state index contributed by atoms with van der Waals surface area (Å²) >= 11 is 0. The van der Waals surface area contributed by atoms with Gasteiger partial charge in [-0.1, -0.05) is 65.0 Å². The van der Waals surface area contributed by atoms with Crippen LogP contribution in [0.4, 0.5) is 13.2 Å². The van der Waals surface area contributed by atoms with Crippen molar-refractivity contribution in [2.75, 3.05) is 0 Å². The van der Waals surface area contributed by atoms with Gasteiger partial charge in [0.1, 0.15) is 12.1 Å². The number of aromatic nitrogens is 1. The molecule has 2 rings (SSSR count). The summed E-state index contributed by atoms with van der Waals surface area (Å²) in [7, 11) is 0. The minimum absolute atomic E-state index is 0.494. The van der Waals surface area contributed by atoms with E-state index < -0.39 is 41.5 Å². The van der Waals surface area contributed by atoms with Crippen molar-refractivity contribution in [1.29, 1.82) is 0 Å². The molecule has 0 saturated heterocycles. The Kier molecular flexibility index (Phi) is 10.2. The standard InChI is InChI=1S/C23H29F3N2O2.C2H4O2/c1-6-17-10-9-16-8-7-15(13-18(16)27-17)11-12-22(4,5)21(23(24,25)26)28-19(14(2)3)20(29)30;1-2(3)4/h7-14,19,21,28H,6H2,1-5H3,(H,29,30);1H3,(H,3,4)/b12-11+;. The third-order valence-electron chi connectivity index (χ3n) is 5.19. The highest BCUT2D eigenvalue weighted by molar-refractivity contribution is 5.81. The van der Waals surface area contributed by atoms with E-state index in [2.05, 4.69) is 10.3 Å². The minimum atomic E-state index is -4.61. The molecule has 2 aromatic rings. The number of nitrogens with one attached hydrogen (secondary N) is 1. The maximum absolute atomic E-state index is 13.8. The summed E-state index contributed by atoms with van der Waals surface area (Å²) in [6, 6.07) is 6.15. The van der Waals surface area contributed by atoms with Gasteiger partial charge >= 0.3 is 12.1 Å². The zero-order valence-corrected chi connectivity index (χ0v) is 20.3. The molecule has 3 N–H and O–H groups in total. The van der Waals surface area contributed by atoms with Crippen LogP contribution in [-0.4, -0.2) is 45.4 Å². The van der Waals surface area contributed by atoms with Crippen LogP contribution in [0.3, 0.4) is 0 Å². The molecule has 2 unspecified atom stereocenters. The summed E-state index contributed by atoms with van der Waals surface area (Å²) in [5, 5.41) is 20.0. The molecule has 1 aromatic carbocycles. The number of fused-ring (bicyclic) bond motifs is 1. The molecule has 9 heteroatoms. The quantitative estimate of drug-likeness (QED) is 0.456. The number of benzene rings is 1. The molecule has 6 nitrogen and oxygen atoms in total. The first-order valence-corrected chi connectivity index (χ1v) is 10.9. The van der Waals surface area contributed by atoms with Crippen LogP contribution in [0.2, 0.25) is 0 Å². The molecular weight excluding hydrogens is 449 g/mol. The number of aryl methyl sites for hydroxylation is 1. The predicted octanol–water partition coefficient (Wildman–Crippen LogP) is 5.56. The van der Waals surface area contributed by atoms with Crippen molar-refractivity contribution in [2.24, 2.45) is 11.3 Å². The summed E-state index contributed by atoms with van der Waals surface area (Å²) in [6.45, 7) is 9.14. The highest BCUT2D eigenvalue weighted by Crippen LogP contribution is 2.36. The van der Waals surface area contributed by atoms with Gasteiger partial charge in [-0.05, 0) is 30.0 Å². The van der Waals surface area contributed by atoms with Gasteiger partial charge in [0.25, 0.3) is 5.97 Å². The number of pyridine rings is 1. The molecule has 0 saturated carbocycles. The van der Waals surface area contributed by atoms with Gasteiger partial charge in [-0.3, -0.25) is 19.9 Å². The van der Waals surface area contributed by atoms with Crippen LogP contribution in [0, 0.1) is 11.3 Å². The number of halogens is 3. The van der Waals surface area contributed by atoms with E-state index in [1.165, 1.54) is 19.9 Å². The van der Waals surface area contributed by atoms with Gasteiger partial charge in [0, 0.05) is 23.4 Å². The molecule has 0 aliphatic carbocycles. The Morgan fingerprint density at radius 2 is 1.68 bits per heavy atom. The summed E-state index contributed by atoms with van der Waals surface area (Å²) in [5.41, 5.74) is 1.08. The second kappa shape index (κ2) is 12.0. The number of alkyl halides is 3. The van der Waals surface area contributed by atoms with Crippen molar-refractivity contribution in [1.82, 2.24) is 10.3 Å². The molecule has 0 aliphatic rings. The van der Waals surface area contributed by atoms with E-state index in [0.717, 1.165) is 35.5 Å². The SMILES string of the molecule is CC(=O)O.CCc1ccc2ccc(/C=C/C(C)(C)C(NC(C(=O)O)C(C)C)C(F)(F)F)cc2n1. The summed E-state index contributed by atoms with van der Waals surface area (Å²) in [6.07, 6.45) is -0.715. The third kappa shape index (κ3) is 8.78. The predicted molar refractivity (Wildman–Crippen MR) is 126 cm³/mol. The molecule has 0 fully saturated rings. The van der Waals surface area contributed by atoms with E-state index in [1.54, 1.807) is 19.9 Å². The first-order chi connectivity index (χ1) is 15.6. The summed E-state index contributed by atoms with van der Waals surface area (Å²) in [4.78, 5) is 25.0. The number of aliphatic carboxylic acids is 2. The largest absolute Gasteiger partial charge is 0.481 e. The Morgan fingerprint density at radius 3 is 2.15 bits per heavy atom. The lowest BCUT2D eigenvalue weighted by atomic mass is 9.82. The topological polar surface area (TPSA) is 99.5 Å². The fourth-order valence-corrected chi connectivity index (χ4v) is 3.34. The second-order valence-corrected chi connectivity index (χ2v) is 8.98. The Hall–Kier alpha value is -2.94. The van der Waals surface area contributed by atoms with Crippen LogP contribution >= 0.6 is 0 Å². The van der Waals surface area contributed by atoms with Gasteiger partial charge < -0.3 is 10.2 Å². The molecule has 0 radical (unpaired) electrons. The number of hydrogen-bond acceptors (Lipinski definition) is 4. The molecule has 1 aromatic heterocycles. The van der Waals surface area contributed by atoms with Crippen LogP contribution in [-0.2, 0) is 16.0 Å². The summed E-state index contributed by atoms with van der Waals surface area (Å²) in [5.74, 6) is -2.63. The third-order valence-corrected chi connectivity index (χ3v) is 5.19. The zero-order chi connectivity index (χ0) is 26.3. The summed E-state index contributed by atoms with van der Waals surface area (Å²) < 4.78 is 41.5. The Balaban J connectivity index is 0.00000133. The maximum atomic E-state index is 13.8.